The number of hydrogen-bond donors (Lipinski definition) is 1. The number of nitrogens with zero attached hydrogens (tertiary/aromatic N) is 1. The molecule has 0 aromatic heterocycles. The second-order valence-electron chi connectivity index (χ2n) is 3.04. The smallest absolute Gasteiger partial charge is 0.318 e. The SMILES string of the molecule is C#CCN(CC(=O)O)S(=O)(=O)CCCC. The van der Waals surface area contributed by atoms with Crippen LogP contribution in [0.3, 0.4) is 0 Å². The summed E-state index contributed by atoms with van der Waals surface area (Å²) in [5, 5.41) is 8.52. The standard InChI is InChI=1S/C9H15NO4S/c1-3-5-7-15(13,14)10(6-4-2)8-9(11)12/h2H,3,5-8H2,1H3,(H,11,12). The van der Waals surface area contributed by atoms with Crippen molar-refractivity contribution in [1.29, 1.82) is 0 Å². The number of sulfonamides is 1. The average molecular weight is 233 g/mol. The molecule has 0 aromatic rings. The molecule has 0 bridgehead atoms. The van der Waals surface area contributed by atoms with Gasteiger partial charge in [-0.3, -0.25) is 4.79 Å². The second-order valence-corrected chi connectivity index (χ2v) is 5.12. The number of terminal acetylenes is 1. The maximum absolute atomic E-state index is 11.6. The van der Waals surface area contributed by atoms with E-state index in [9.17, 15) is 13.2 Å². The number of carboxylic acid groups (broad SMARTS) is 1. The van der Waals surface area contributed by atoms with Crippen LogP contribution in [0.5, 0.6) is 0 Å². The first-order chi connectivity index (χ1) is 6.94. The summed E-state index contributed by atoms with van der Waals surface area (Å²) in [7, 11) is -3.53. The number of carbonyl (C=O) groups is 1. The van der Waals surface area contributed by atoms with Gasteiger partial charge in [0.1, 0.15) is 6.54 Å². The van der Waals surface area contributed by atoms with Crippen LogP contribution in [0.1, 0.15) is 19.8 Å². The first-order valence-corrected chi connectivity index (χ1v) is 6.18. The van der Waals surface area contributed by atoms with Gasteiger partial charge in [-0.1, -0.05) is 19.3 Å². The summed E-state index contributed by atoms with van der Waals surface area (Å²) in [4.78, 5) is 10.4. The monoisotopic (exact) mass is 233 g/mol. The fraction of sp³-hybridized carbons (Fsp3) is 0.667. The summed E-state index contributed by atoms with van der Waals surface area (Å²) < 4.78 is 24.0. The van der Waals surface area contributed by atoms with E-state index in [1.165, 1.54) is 0 Å². The normalized spacial score (nSPS) is 11.3. The molecule has 0 aromatic carbocycles. The van der Waals surface area contributed by atoms with E-state index in [1.807, 2.05) is 6.92 Å². The Bertz CT molecular complexity index is 342. The zero-order valence-corrected chi connectivity index (χ0v) is 9.46. The highest BCUT2D eigenvalue weighted by Crippen LogP contribution is 2.04. The van der Waals surface area contributed by atoms with Gasteiger partial charge in [-0.25, -0.2) is 8.42 Å². The van der Waals surface area contributed by atoms with Crippen molar-refractivity contribution < 1.29 is 18.3 Å². The highest BCUT2D eigenvalue weighted by molar-refractivity contribution is 7.89. The Morgan fingerprint density at radius 3 is 2.53 bits per heavy atom. The van der Waals surface area contributed by atoms with Gasteiger partial charge in [-0.15, -0.1) is 6.42 Å². The predicted molar refractivity (Wildman–Crippen MR) is 56.7 cm³/mol. The lowest BCUT2D eigenvalue weighted by Crippen LogP contribution is -2.37. The molecular weight excluding hydrogens is 218 g/mol. The average Bonchev–Trinajstić information content (AvgIpc) is 2.13. The zero-order chi connectivity index (χ0) is 11.9. The largest absolute Gasteiger partial charge is 0.480 e. The van der Waals surface area contributed by atoms with Gasteiger partial charge in [-0.05, 0) is 6.42 Å². The zero-order valence-electron chi connectivity index (χ0n) is 8.64. The fourth-order valence-corrected chi connectivity index (χ4v) is 2.45. The molecule has 0 heterocycles. The molecule has 86 valence electrons. The van der Waals surface area contributed by atoms with Gasteiger partial charge in [0.25, 0.3) is 0 Å². The molecule has 5 nitrogen and oxygen atoms in total. The summed E-state index contributed by atoms with van der Waals surface area (Å²) in [5.41, 5.74) is 0. The molecular formula is C9H15NO4S. The minimum Gasteiger partial charge on any atom is -0.480 e. The third-order valence-electron chi connectivity index (χ3n) is 1.73. The Balaban J connectivity index is 4.60. The van der Waals surface area contributed by atoms with Crippen LogP contribution in [0.25, 0.3) is 0 Å². The van der Waals surface area contributed by atoms with Crippen LogP contribution >= 0.6 is 0 Å². The molecule has 0 rings (SSSR count). The van der Waals surface area contributed by atoms with Crippen LogP contribution in [0.4, 0.5) is 0 Å². The van der Waals surface area contributed by atoms with Gasteiger partial charge in [-0.2, -0.15) is 4.31 Å². The fourth-order valence-electron chi connectivity index (χ4n) is 0.961. The predicted octanol–water partition coefficient (Wildman–Crippen LogP) is 0.136. The lowest BCUT2D eigenvalue weighted by atomic mass is 10.4. The van der Waals surface area contributed by atoms with Gasteiger partial charge in [0.05, 0.1) is 12.3 Å². The summed E-state index contributed by atoms with van der Waals surface area (Å²) >= 11 is 0. The van der Waals surface area contributed by atoms with Gasteiger partial charge in [0, 0.05) is 0 Å². The van der Waals surface area contributed by atoms with Crippen LogP contribution in [-0.2, 0) is 14.8 Å². The minimum atomic E-state index is -3.53. The van der Waals surface area contributed by atoms with Crippen molar-refractivity contribution in [2.24, 2.45) is 0 Å². The number of unbranched alkanes of at least 4 members (excludes halogenated alkanes) is 1. The number of aliphatic carboxylic acids is 1. The molecule has 0 aliphatic heterocycles. The summed E-state index contributed by atoms with van der Waals surface area (Å²) in [6.45, 7) is 1.09. The number of hydrogen-bond acceptors (Lipinski definition) is 3. The Morgan fingerprint density at radius 2 is 2.13 bits per heavy atom. The maximum atomic E-state index is 11.6. The summed E-state index contributed by atoms with van der Waals surface area (Å²) in [6.07, 6.45) is 6.22. The van der Waals surface area contributed by atoms with Crippen molar-refractivity contribution in [1.82, 2.24) is 4.31 Å². The van der Waals surface area contributed by atoms with Crippen LogP contribution in [-0.4, -0.2) is 42.6 Å². The van der Waals surface area contributed by atoms with Crippen LogP contribution in [0.2, 0.25) is 0 Å². The van der Waals surface area contributed by atoms with E-state index in [1.54, 1.807) is 0 Å². The maximum Gasteiger partial charge on any atom is 0.318 e. The molecule has 1 N–H and O–H groups in total. The van der Waals surface area contributed by atoms with E-state index in [4.69, 9.17) is 11.5 Å². The third-order valence-corrected chi connectivity index (χ3v) is 3.58. The molecule has 0 radical (unpaired) electrons. The van der Waals surface area contributed by atoms with Crippen molar-refractivity contribution in [3.63, 3.8) is 0 Å². The molecule has 0 spiro atoms. The van der Waals surface area contributed by atoms with Crippen LogP contribution in [0, 0.1) is 12.3 Å². The molecule has 0 saturated heterocycles. The highest BCUT2D eigenvalue weighted by Gasteiger charge is 2.22. The first kappa shape index (κ1) is 13.9. The molecule has 0 unspecified atom stereocenters. The van der Waals surface area contributed by atoms with Crippen molar-refractivity contribution in [3.05, 3.63) is 0 Å². The molecule has 0 atom stereocenters. The molecule has 0 aliphatic rings. The molecule has 0 saturated carbocycles. The van der Waals surface area contributed by atoms with Gasteiger partial charge >= 0.3 is 5.97 Å². The quantitative estimate of drug-likeness (QED) is 0.634. The van der Waals surface area contributed by atoms with E-state index < -0.39 is 22.5 Å². The topological polar surface area (TPSA) is 74.7 Å². The second kappa shape index (κ2) is 6.43. The number of rotatable bonds is 7. The molecule has 15 heavy (non-hydrogen) atoms. The Kier molecular flexibility index (Phi) is 5.97. The third kappa shape index (κ3) is 5.40. The highest BCUT2D eigenvalue weighted by atomic mass is 32.2. The molecule has 6 heteroatoms. The lowest BCUT2D eigenvalue weighted by Gasteiger charge is -2.17. The van der Waals surface area contributed by atoms with E-state index in [2.05, 4.69) is 5.92 Å². The van der Waals surface area contributed by atoms with Gasteiger partial charge < -0.3 is 5.11 Å². The molecule has 0 aliphatic carbocycles. The number of carboxylic acids is 1. The first-order valence-electron chi connectivity index (χ1n) is 4.57. The van der Waals surface area contributed by atoms with Gasteiger partial charge in [0.2, 0.25) is 10.0 Å². The van der Waals surface area contributed by atoms with Gasteiger partial charge in [0.15, 0.2) is 0 Å². The molecule has 0 amide bonds. The van der Waals surface area contributed by atoms with E-state index in [0.717, 1.165) is 10.7 Å². The van der Waals surface area contributed by atoms with Crippen LogP contribution in [0.15, 0.2) is 0 Å². The summed E-state index contributed by atoms with van der Waals surface area (Å²) in [5.74, 6) is 0.879. The van der Waals surface area contributed by atoms with Crippen LogP contribution < -0.4 is 0 Å². The van der Waals surface area contributed by atoms with Crippen molar-refractivity contribution in [3.8, 4) is 12.3 Å². The van der Waals surface area contributed by atoms with Crippen molar-refractivity contribution >= 4 is 16.0 Å². The summed E-state index contributed by atoms with van der Waals surface area (Å²) in [6, 6.07) is 0. The van der Waals surface area contributed by atoms with E-state index in [0.29, 0.717) is 6.42 Å². The van der Waals surface area contributed by atoms with E-state index in [-0.39, 0.29) is 12.3 Å². The van der Waals surface area contributed by atoms with Crippen molar-refractivity contribution in [2.75, 3.05) is 18.8 Å². The Hall–Kier alpha value is -1.06. The Morgan fingerprint density at radius 1 is 1.53 bits per heavy atom. The molecule has 0 fully saturated rings. The Labute approximate surface area is 90.1 Å². The minimum absolute atomic E-state index is 0.0571. The van der Waals surface area contributed by atoms with Crippen molar-refractivity contribution in [2.45, 2.75) is 19.8 Å². The van der Waals surface area contributed by atoms with E-state index >= 15 is 0 Å². The lowest BCUT2D eigenvalue weighted by molar-refractivity contribution is -0.137.